The van der Waals surface area contributed by atoms with Crippen LogP contribution in [-0.2, 0) is 11.3 Å². The number of hydrogen-bond acceptors (Lipinski definition) is 8. The fourth-order valence-corrected chi connectivity index (χ4v) is 4.51. The minimum absolute atomic E-state index is 0.148. The number of aromatic nitrogens is 1. The molecule has 3 rings (SSSR count). The average Bonchev–Trinajstić information content (AvgIpc) is 3.21. The molecule has 0 radical (unpaired) electrons. The molecule has 1 saturated heterocycles. The summed E-state index contributed by atoms with van der Waals surface area (Å²) in [6.45, 7) is 1.95. The monoisotopic (exact) mass is 472 g/mol. The summed E-state index contributed by atoms with van der Waals surface area (Å²) in [5.74, 6) is -1.02. The van der Waals surface area contributed by atoms with Crippen molar-refractivity contribution in [1.82, 2.24) is 9.88 Å². The first-order valence-corrected chi connectivity index (χ1v) is 11.7. The van der Waals surface area contributed by atoms with Gasteiger partial charge in [-0.1, -0.05) is 12.8 Å². The van der Waals surface area contributed by atoms with Gasteiger partial charge in [-0.3, -0.25) is 4.90 Å². The molecular weight excluding hydrogens is 442 g/mol. The van der Waals surface area contributed by atoms with E-state index in [2.05, 4.69) is 4.98 Å². The van der Waals surface area contributed by atoms with Crippen molar-refractivity contribution < 1.29 is 33.9 Å². The second-order valence-corrected chi connectivity index (χ2v) is 8.97. The highest BCUT2D eigenvalue weighted by Crippen LogP contribution is 2.27. The molecule has 2 aromatic rings. The third kappa shape index (κ3) is 6.98. The number of aliphatic hydroxyl groups is 4. The van der Waals surface area contributed by atoms with Gasteiger partial charge in [-0.05, 0) is 37.6 Å². The van der Waals surface area contributed by atoms with E-state index in [0.29, 0.717) is 30.5 Å². The van der Waals surface area contributed by atoms with Crippen LogP contribution in [0.1, 0.15) is 31.4 Å². The maximum atomic E-state index is 13.8. The zero-order chi connectivity index (χ0) is 23.1. The predicted molar refractivity (Wildman–Crippen MR) is 116 cm³/mol. The Labute approximate surface area is 189 Å². The summed E-state index contributed by atoms with van der Waals surface area (Å²) >= 11 is 1.25. The highest BCUT2D eigenvalue weighted by Gasteiger charge is 2.35. The van der Waals surface area contributed by atoms with Crippen LogP contribution in [0.15, 0.2) is 23.6 Å². The molecular formula is C22H30F2N2O5S. The van der Waals surface area contributed by atoms with E-state index in [1.54, 1.807) is 5.38 Å². The van der Waals surface area contributed by atoms with Crippen molar-refractivity contribution >= 4 is 11.3 Å². The van der Waals surface area contributed by atoms with E-state index < -0.39 is 36.1 Å². The molecule has 1 aromatic carbocycles. The third-order valence-corrected chi connectivity index (χ3v) is 6.43. The van der Waals surface area contributed by atoms with Gasteiger partial charge >= 0.3 is 0 Å². The number of aliphatic hydroxyl groups excluding tert-OH is 4. The van der Waals surface area contributed by atoms with Gasteiger partial charge in [0.2, 0.25) is 0 Å². The van der Waals surface area contributed by atoms with Crippen LogP contribution in [0.25, 0.3) is 10.6 Å². The van der Waals surface area contributed by atoms with Crippen molar-refractivity contribution in [3.8, 4) is 10.6 Å². The zero-order valence-corrected chi connectivity index (χ0v) is 18.6. The molecule has 1 aliphatic rings. The van der Waals surface area contributed by atoms with Gasteiger partial charge in [-0.15, -0.1) is 11.3 Å². The Morgan fingerprint density at radius 3 is 2.41 bits per heavy atom. The first-order chi connectivity index (χ1) is 15.3. The standard InChI is InChI=1S/C22H30F2N2O5S/c23-14-5-6-17(24)16(9-14)22-25-15(13-32-22)12-31-8-4-2-1-3-7-26-10-18(27)20(29)21(30)19(28)11-26/h5-6,9,13,18-21,27-30H,1-4,7-8,10-12H2/t18-,19-,20+,21+/m0/s1. The van der Waals surface area contributed by atoms with Gasteiger partial charge in [-0.2, -0.15) is 0 Å². The first-order valence-electron chi connectivity index (χ1n) is 10.8. The van der Waals surface area contributed by atoms with Gasteiger partial charge in [0.1, 0.15) is 28.8 Å². The van der Waals surface area contributed by atoms with E-state index >= 15 is 0 Å². The summed E-state index contributed by atoms with van der Waals surface area (Å²) in [5.41, 5.74) is 0.825. The smallest absolute Gasteiger partial charge is 0.133 e. The number of likely N-dealkylation sites (tertiary alicyclic amines) is 1. The second-order valence-electron chi connectivity index (χ2n) is 8.11. The minimum Gasteiger partial charge on any atom is -0.389 e. The average molecular weight is 473 g/mol. The molecule has 2 heterocycles. The number of hydrogen-bond donors (Lipinski definition) is 4. The van der Waals surface area contributed by atoms with Crippen LogP contribution >= 0.6 is 11.3 Å². The summed E-state index contributed by atoms with van der Waals surface area (Å²) < 4.78 is 32.8. The van der Waals surface area contributed by atoms with Crippen LogP contribution in [-0.4, -0.2) is 81.0 Å². The molecule has 0 unspecified atom stereocenters. The first kappa shape index (κ1) is 25.1. The fraction of sp³-hybridized carbons (Fsp3) is 0.591. The summed E-state index contributed by atoms with van der Waals surface area (Å²) in [6.07, 6.45) is -1.24. The fourth-order valence-electron chi connectivity index (χ4n) is 3.69. The van der Waals surface area contributed by atoms with Gasteiger partial charge in [0.25, 0.3) is 0 Å². The van der Waals surface area contributed by atoms with Crippen LogP contribution in [0.5, 0.6) is 0 Å². The Hall–Kier alpha value is -1.53. The van der Waals surface area contributed by atoms with E-state index in [1.807, 2.05) is 4.90 Å². The van der Waals surface area contributed by atoms with Crippen LogP contribution < -0.4 is 0 Å². The molecule has 0 bridgehead atoms. The number of halogens is 2. The van der Waals surface area contributed by atoms with E-state index in [9.17, 15) is 29.2 Å². The number of rotatable bonds is 10. The van der Waals surface area contributed by atoms with E-state index in [0.717, 1.165) is 43.9 Å². The van der Waals surface area contributed by atoms with Crippen molar-refractivity contribution in [3.63, 3.8) is 0 Å². The topological polar surface area (TPSA) is 106 Å². The molecule has 4 N–H and O–H groups in total. The molecule has 4 atom stereocenters. The second kappa shape index (κ2) is 12.1. The van der Waals surface area contributed by atoms with E-state index in [4.69, 9.17) is 4.74 Å². The molecule has 7 nitrogen and oxygen atoms in total. The van der Waals surface area contributed by atoms with Crippen LogP contribution in [0, 0.1) is 11.6 Å². The molecule has 1 aliphatic heterocycles. The van der Waals surface area contributed by atoms with Crippen molar-refractivity contribution in [1.29, 1.82) is 0 Å². The lowest BCUT2D eigenvalue weighted by Gasteiger charge is -2.23. The Kier molecular flexibility index (Phi) is 9.47. The summed E-state index contributed by atoms with van der Waals surface area (Å²) in [4.78, 5) is 6.17. The summed E-state index contributed by atoms with van der Waals surface area (Å²) in [6, 6.07) is 3.30. The number of β-amino-alcohol motifs (C(OH)–C–C–N with tert-alkyl or cyclic N) is 2. The van der Waals surface area contributed by atoms with Gasteiger partial charge < -0.3 is 25.2 Å². The minimum atomic E-state index is -1.34. The molecule has 0 spiro atoms. The molecule has 0 saturated carbocycles. The van der Waals surface area contributed by atoms with Crippen LogP contribution in [0.2, 0.25) is 0 Å². The third-order valence-electron chi connectivity index (χ3n) is 5.50. The lowest BCUT2D eigenvalue weighted by molar-refractivity contribution is -0.0894. The molecule has 10 heteroatoms. The quantitative estimate of drug-likeness (QED) is 0.392. The van der Waals surface area contributed by atoms with E-state index in [1.165, 1.54) is 11.3 Å². The lowest BCUT2D eigenvalue weighted by atomic mass is 10.1. The number of thiazole rings is 1. The predicted octanol–water partition coefficient (Wildman–Crippen LogP) is 1.92. The van der Waals surface area contributed by atoms with Crippen molar-refractivity contribution in [2.75, 3.05) is 26.2 Å². The maximum absolute atomic E-state index is 13.8. The Bertz CT molecular complexity index is 839. The Morgan fingerprint density at radius 2 is 1.69 bits per heavy atom. The van der Waals surface area contributed by atoms with Gasteiger partial charge in [0, 0.05) is 30.6 Å². The normalized spacial score (nSPS) is 24.6. The largest absolute Gasteiger partial charge is 0.389 e. The highest BCUT2D eigenvalue weighted by molar-refractivity contribution is 7.13. The molecule has 0 amide bonds. The summed E-state index contributed by atoms with van der Waals surface area (Å²) in [5, 5.41) is 41.4. The molecule has 0 aliphatic carbocycles. The van der Waals surface area contributed by atoms with Gasteiger partial charge in [-0.25, -0.2) is 13.8 Å². The van der Waals surface area contributed by atoms with Crippen LogP contribution in [0.3, 0.4) is 0 Å². The Morgan fingerprint density at radius 1 is 1.00 bits per heavy atom. The molecule has 1 fully saturated rings. The number of unbranched alkanes of at least 4 members (excludes halogenated alkanes) is 3. The van der Waals surface area contributed by atoms with Gasteiger partial charge in [0.15, 0.2) is 0 Å². The van der Waals surface area contributed by atoms with Crippen LogP contribution in [0.4, 0.5) is 8.78 Å². The summed E-state index contributed by atoms with van der Waals surface area (Å²) in [7, 11) is 0. The number of ether oxygens (including phenoxy) is 1. The lowest BCUT2D eigenvalue weighted by Crippen LogP contribution is -2.43. The van der Waals surface area contributed by atoms with Crippen molar-refractivity contribution in [2.45, 2.75) is 56.7 Å². The van der Waals surface area contributed by atoms with E-state index in [-0.39, 0.29) is 18.7 Å². The SMILES string of the molecule is O[C@H]1[C@H](O)[C@@H](O)CN(CCCCCCOCc2csc(-c3cc(F)ccc3F)n2)C[C@@H]1O. The molecule has 1 aromatic heterocycles. The maximum Gasteiger partial charge on any atom is 0.133 e. The van der Waals surface area contributed by atoms with Crippen molar-refractivity contribution in [3.05, 3.63) is 40.9 Å². The van der Waals surface area contributed by atoms with Gasteiger partial charge in [0.05, 0.1) is 24.5 Å². The number of nitrogens with zero attached hydrogens (tertiary/aromatic N) is 2. The highest BCUT2D eigenvalue weighted by atomic mass is 32.1. The Balaban J connectivity index is 1.29. The van der Waals surface area contributed by atoms with Crippen molar-refractivity contribution in [2.24, 2.45) is 0 Å². The zero-order valence-electron chi connectivity index (χ0n) is 17.7. The molecule has 32 heavy (non-hydrogen) atoms. The number of benzene rings is 1. The molecule has 178 valence electrons.